The van der Waals surface area contributed by atoms with Crippen molar-refractivity contribution >= 4 is 0 Å². The summed E-state index contributed by atoms with van der Waals surface area (Å²) in [6.07, 6.45) is -1.06. The largest absolute Gasteiger partial charge is 0.380 e. The molecule has 6 aromatic rings. The van der Waals surface area contributed by atoms with Gasteiger partial charge in [0.05, 0.1) is 0 Å². The molecule has 39 heavy (non-hydrogen) atoms. The third kappa shape index (κ3) is 4.43. The lowest BCUT2D eigenvalue weighted by Crippen LogP contribution is -2.39. The maximum absolute atomic E-state index is 11.6. The Hall–Kier alpha value is -4.87. The second-order valence-electron chi connectivity index (χ2n) is 9.60. The Morgan fingerprint density at radius 3 is 1.64 bits per heavy atom. The number of aryl methyl sites for hydroxylation is 1. The number of benzene rings is 5. The van der Waals surface area contributed by atoms with Crippen molar-refractivity contribution in [2.45, 2.75) is 18.6 Å². The smallest absolute Gasteiger partial charge is 0.207 e. The van der Waals surface area contributed by atoms with Gasteiger partial charge in [-0.2, -0.15) is 0 Å². The monoisotopic (exact) mass is 508 g/mol. The maximum atomic E-state index is 11.6. The zero-order chi connectivity index (χ0) is 26.7. The van der Waals surface area contributed by atoms with Crippen molar-refractivity contribution in [1.29, 1.82) is 0 Å². The molecule has 5 aromatic carbocycles. The highest BCUT2D eigenvalue weighted by Crippen LogP contribution is 2.40. The molecule has 0 radical (unpaired) electrons. The van der Waals surface area contributed by atoms with Gasteiger partial charge >= 0.3 is 0 Å². The molecule has 190 valence electrons. The van der Waals surface area contributed by atoms with Crippen LogP contribution in [0.3, 0.4) is 0 Å². The van der Waals surface area contributed by atoms with E-state index in [1.165, 1.54) is 5.56 Å². The van der Waals surface area contributed by atoms with Gasteiger partial charge in [0.1, 0.15) is 6.10 Å². The van der Waals surface area contributed by atoms with Gasteiger partial charge in [-0.15, -0.1) is 15.0 Å². The molecule has 0 fully saturated rings. The normalized spacial score (nSPS) is 12.3. The predicted molar refractivity (Wildman–Crippen MR) is 153 cm³/mol. The number of aliphatic hydroxyl groups excluding tert-OH is 1. The molecule has 1 unspecified atom stereocenters. The van der Waals surface area contributed by atoms with E-state index in [0.717, 1.165) is 33.4 Å². The first kappa shape index (κ1) is 24.5. The first-order valence-corrected chi connectivity index (χ1v) is 13.0. The first-order chi connectivity index (χ1) is 19.2. The number of hydrogen-bond donors (Lipinski definition) is 1. The van der Waals surface area contributed by atoms with E-state index in [2.05, 4.69) is 77.9 Å². The quantitative estimate of drug-likeness (QED) is 0.248. The lowest BCUT2D eigenvalue weighted by atomic mass is 9.77. The Morgan fingerprint density at radius 2 is 1.10 bits per heavy atom. The predicted octanol–water partition coefficient (Wildman–Crippen LogP) is 6.57. The van der Waals surface area contributed by atoms with Gasteiger partial charge in [0.2, 0.25) is 5.82 Å². The molecule has 0 spiro atoms. The lowest BCUT2D eigenvalue weighted by molar-refractivity contribution is 0.209. The van der Waals surface area contributed by atoms with Crippen LogP contribution in [0.4, 0.5) is 0 Å². The summed E-state index contributed by atoms with van der Waals surface area (Å²) < 4.78 is 0. The highest BCUT2D eigenvalue weighted by atomic mass is 16.3. The molecule has 0 aliphatic rings. The topological polar surface area (TPSA) is 63.8 Å². The summed E-state index contributed by atoms with van der Waals surface area (Å²) in [6, 6.07) is 46.6. The summed E-state index contributed by atoms with van der Waals surface area (Å²) in [6.45, 7) is 2.06. The van der Waals surface area contributed by atoms with Crippen molar-refractivity contribution in [2.75, 3.05) is 0 Å². The zero-order valence-corrected chi connectivity index (χ0v) is 21.6. The van der Waals surface area contributed by atoms with Crippen molar-refractivity contribution in [1.82, 2.24) is 20.2 Å². The summed E-state index contributed by atoms with van der Waals surface area (Å²) in [5.74, 6) is 0.238. The first-order valence-electron chi connectivity index (χ1n) is 13.0. The molecule has 0 saturated carbocycles. The minimum absolute atomic E-state index is 0.238. The third-order valence-corrected chi connectivity index (χ3v) is 7.17. The van der Waals surface area contributed by atoms with Crippen LogP contribution in [0.5, 0.6) is 0 Å². The summed E-state index contributed by atoms with van der Waals surface area (Å²) >= 11 is 0. The Bertz CT molecular complexity index is 1570. The molecular weight excluding hydrogens is 480 g/mol. The number of nitrogens with zero attached hydrogens (tertiary/aromatic N) is 4. The fourth-order valence-corrected chi connectivity index (χ4v) is 5.23. The van der Waals surface area contributed by atoms with Crippen molar-refractivity contribution in [3.63, 3.8) is 0 Å². The van der Waals surface area contributed by atoms with Crippen LogP contribution < -0.4 is 0 Å². The number of aliphatic hydroxyl groups is 1. The molecule has 1 heterocycles. The van der Waals surface area contributed by atoms with Gasteiger partial charge < -0.3 is 5.11 Å². The second-order valence-corrected chi connectivity index (χ2v) is 9.60. The van der Waals surface area contributed by atoms with Crippen LogP contribution in [0.15, 0.2) is 140 Å². The summed E-state index contributed by atoms with van der Waals surface area (Å²) in [4.78, 5) is 1.64. The Morgan fingerprint density at radius 1 is 0.615 bits per heavy atom. The minimum Gasteiger partial charge on any atom is -0.380 e. The molecule has 0 aliphatic carbocycles. The molecule has 0 saturated heterocycles. The number of tetrazole rings is 1. The van der Waals surface area contributed by atoms with Crippen molar-refractivity contribution in [2.24, 2.45) is 0 Å². The van der Waals surface area contributed by atoms with E-state index in [-0.39, 0.29) is 5.82 Å². The molecule has 1 aromatic heterocycles. The molecule has 5 nitrogen and oxygen atoms in total. The van der Waals surface area contributed by atoms with E-state index in [1.54, 1.807) is 4.80 Å². The van der Waals surface area contributed by atoms with Crippen molar-refractivity contribution in [3.8, 4) is 11.1 Å². The van der Waals surface area contributed by atoms with Gasteiger partial charge in [0, 0.05) is 0 Å². The molecule has 0 amide bonds. The van der Waals surface area contributed by atoms with Gasteiger partial charge in [-0.25, -0.2) is 0 Å². The fourth-order valence-electron chi connectivity index (χ4n) is 5.23. The maximum Gasteiger partial charge on any atom is 0.207 e. The average molecular weight is 509 g/mol. The SMILES string of the molecule is Cc1ccc(-c2ccccc2C(O)c2nnn(C(c3ccccc3)(c3ccccc3)c3ccccc3)n2)cc1. The van der Waals surface area contributed by atoms with Gasteiger partial charge in [-0.05, 0) is 45.5 Å². The Labute approximate surface area is 228 Å². The van der Waals surface area contributed by atoms with Gasteiger partial charge in [-0.1, -0.05) is 145 Å². The number of rotatable bonds is 7. The third-order valence-electron chi connectivity index (χ3n) is 7.17. The molecule has 0 bridgehead atoms. The van der Waals surface area contributed by atoms with Crippen LogP contribution in [0, 0.1) is 6.92 Å². The van der Waals surface area contributed by atoms with Gasteiger partial charge in [0.25, 0.3) is 0 Å². The summed E-state index contributed by atoms with van der Waals surface area (Å²) in [5, 5.41) is 25.5. The summed E-state index contributed by atoms with van der Waals surface area (Å²) in [7, 11) is 0. The van der Waals surface area contributed by atoms with Gasteiger partial charge in [0.15, 0.2) is 5.54 Å². The van der Waals surface area contributed by atoms with Gasteiger partial charge in [-0.3, -0.25) is 0 Å². The molecular formula is C34H28N4O. The molecule has 5 heteroatoms. The Kier molecular flexibility index (Phi) is 6.57. The zero-order valence-electron chi connectivity index (χ0n) is 21.6. The molecule has 1 atom stereocenters. The van der Waals surface area contributed by atoms with Crippen LogP contribution in [-0.2, 0) is 5.54 Å². The average Bonchev–Trinajstić information content (AvgIpc) is 3.50. The van der Waals surface area contributed by atoms with Crippen LogP contribution in [0.25, 0.3) is 11.1 Å². The van der Waals surface area contributed by atoms with E-state index >= 15 is 0 Å². The number of aromatic nitrogens is 4. The van der Waals surface area contributed by atoms with Crippen molar-refractivity contribution < 1.29 is 5.11 Å². The number of hydrogen-bond acceptors (Lipinski definition) is 4. The summed E-state index contributed by atoms with van der Waals surface area (Å²) in [5.41, 5.74) is 5.93. The fraction of sp³-hybridized carbons (Fsp3) is 0.0882. The van der Waals surface area contributed by atoms with Crippen LogP contribution >= 0.6 is 0 Å². The van der Waals surface area contributed by atoms with E-state index in [4.69, 9.17) is 5.10 Å². The van der Waals surface area contributed by atoms with Crippen molar-refractivity contribution in [3.05, 3.63) is 173 Å². The molecule has 6 rings (SSSR count). The molecule has 1 N–H and O–H groups in total. The minimum atomic E-state index is -1.06. The van der Waals surface area contributed by atoms with Crippen LogP contribution in [-0.4, -0.2) is 25.3 Å². The van der Waals surface area contributed by atoms with E-state index < -0.39 is 11.6 Å². The highest BCUT2D eigenvalue weighted by Gasteiger charge is 2.41. The van der Waals surface area contributed by atoms with E-state index in [1.807, 2.05) is 78.9 Å². The van der Waals surface area contributed by atoms with Crippen LogP contribution in [0.2, 0.25) is 0 Å². The standard InChI is InChI=1S/C34H28N4O/c1-25-21-23-26(24-22-25)30-19-11-12-20-31(30)32(39)33-35-37-38(36-33)34(27-13-5-2-6-14-27,28-15-7-3-8-16-28)29-17-9-4-10-18-29/h2-24,32,39H,1H3. The van der Waals surface area contributed by atoms with E-state index in [0.29, 0.717) is 0 Å². The van der Waals surface area contributed by atoms with E-state index in [9.17, 15) is 5.11 Å². The highest BCUT2D eigenvalue weighted by molar-refractivity contribution is 5.68. The lowest BCUT2D eigenvalue weighted by Gasteiger charge is -2.34. The second kappa shape index (κ2) is 10.5. The molecule has 0 aliphatic heterocycles. The van der Waals surface area contributed by atoms with Crippen LogP contribution in [0.1, 0.15) is 39.7 Å². The Balaban J connectivity index is 1.52.